The van der Waals surface area contributed by atoms with E-state index >= 15 is 0 Å². The van der Waals surface area contributed by atoms with Crippen LogP contribution in [0.25, 0.3) is 28.1 Å². The zero-order valence-corrected chi connectivity index (χ0v) is 23.5. The number of pyridine rings is 1. The normalized spacial score (nSPS) is 14.7. The van der Waals surface area contributed by atoms with Crippen LogP contribution in [-0.2, 0) is 7.05 Å². The SMILES string of the molecule is Cc1cc(-c2ccc(-n3ccn(C)c3=O)c(Cl)c2)c(N)c(-c2cccc(N3CCN(C(C)(C)C)CC3)c2)n1. The Balaban J connectivity index is 1.47. The van der Waals surface area contributed by atoms with Crippen LogP contribution in [0.15, 0.2) is 65.7 Å². The average molecular weight is 531 g/mol. The van der Waals surface area contributed by atoms with Crippen LogP contribution < -0.4 is 16.3 Å². The van der Waals surface area contributed by atoms with E-state index < -0.39 is 0 Å². The van der Waals surface area contributed by atoms with Crippen molar-refractivity contribution in [1.82, 2.24) is 19.0 Å². The molecule has 7 nitrogen and oxygen atoms in total. The lowest BCUT2D eigenvalue weighted by atomic mass is 9.99. The van der Waals surface area contributed by atoms with E-state index in [1.54, 1.807) is 19.4 Å². The van der Waals surface area contributed by atoms with Crippen molar-refractivity contribution < 1.29 is 0 Å². The highest BCUT2D eigenvalue weighted by molar-refractivity contribution is 6.32. The molecular formula is C30H35ClN6O. The second-order valence-corrected chi connectivity index (χ2v) is 11.4. The van der Waals surface area contributed by atoms with Gasteiger partial charge in [-0.2, -0.15) is 0 Å². The van der Waals surface area contributed by atoms with Crippen LogP contribution >= 0.6 is 11.6 Å². The molecule has 4 aromatic rings. The standard InChI is InChI=1S/C30H35ClN6O/c1-20-17-24(21-9-10-26(25(31)19-21)37-16-11-34(5)29(37)38)27(32)28(33-20)22-7-6-8-23(18-22)35-12-14-36(15-13-35)30(2,3)4/h6-11,16-19H,12-15,32H2,1-5H3. The van der Waals surface area contributed by atoms with E-state index in [2.05, 4.69) is 54.8 Å². The van der Waals surface area contributed by atoms with Crippen molar-refractivity contribution in [2.24, 2.45) is 7.05 Å². The summed E-state index contributed by atoms with van der Waals surface area (Å²) in [6, 6.07) is 16.1. The number of aromatic nitrogens is 3. The Labute approximate surface area is 229 Å². The van der Waals surface area contributed by atoms with Crippen LogP contribution in [0.3, 0.4) is 0 Å². The molecule has 1 aliphatic heterocycles. The quantitative estimate of drug-likeness (QED) is 0.384. The zero-order valence-electron chi connectivity index (χ0n) is 22.7. The fourth-order valence-corrected chi connectivity index (χ4v) is 5.42. The first-order valence-corrected chi connectivity index (χ1v) is 13.3. The van der Waals surface area contributed by atoms with Gasteiger partial charge in [0.1, 0.15) is 0 Å². The number of benzene rings is 2. The fourth-order valence-electron chi connectivity index (χ4n) is 5.14. The van der Waals surface area contributed by atoms with Crippen molar-refractivity contribution in [3.8, 4) is 28.1 Å². The molecule has 0 aliphatic carbocycles. The van der Waals surface area contributed by atoms with Gasteiger partial charge in [0, 0.05) is 73.7 Å². The number of nitrogen functional groups attached to an aromatic ring is 1. The van der Waals surface area contributed by atoms with Gasteiger partial charge in [0.25, 0.3) is 0 Å². The van der Waals surface area contributed by atoms with E-state index in [9.17, 15) is 4.79 Å². The van der Waals surface area contributed by atoms with E-state index in [1.165, 1.54) is 14.8 Å². The molecule has 2 aromatic heterocycles. The lowest BCUT2D eigenvalue weighted by Gasteiger charge is -2.43. The number of piperazine rings is 1. The van der Waals surface area contributed by atoms with Gasteiger partial charge in [0.05, 0.1) is 22.1 Å². The maximum atomic E-state index is 12.4. The molecule has 38 heavy (non-hydrogen) atoms. The third-order valence-electron chi connectivity index (χ3n) is 7.37. The fraction of sp³-hybridized carbons (Fsp3) is 0.333. The Bertz CT molecular complexity index is 1540. The average Bonchev–Trinajstić information content (AvgIpc) is 3.22. The summed E-state index contributed by atoms with van der Waals surface area (Å²) in [4.78, 5) is 22.2. The number of hydrogen-bond donors (Lipinski definition) is 1. The van der Waals surface area contributed by atoms with Gasteiger partial charge in [-0.05, 0) is 63.6 Å². The van der Waals surface area contributed by atoms with Crippen molar-refractivity contribution in [1.29, 1.82) is 0 Å². The molecule has 0 saturated carbocycles. The minimum absolute atomic E-state index is 0.152. The summed E-state index contributed by atoms with van der Waals surface area (Å²) in [5, 5.41) is 0.475. The third kappa shape index (κ3) is 4.96. The van der Waals surface area contributed by atoms with E-state index in [0.29, 0.717) is 16.4 Å². The summed E-state index contributed by atoms with van der Waals surface area (Å²) in [5.74, 6) is 0. The highest BCUT2D eigenvalue weighted by Crippen LogP contribution is 2.37. The van der Waals surface area contributed by atoms with E-state index in [0.717, 1.165) is 54.3 Å². The van der Waals surface area contributed by atoms with Gasteiger partial charge in [-0.1, -0.05) is 29.8 Å². The molecule has 0 bridgehead atoms. The molecule has 2 N–H and O–H groups in total. The molecule has 198 valence electrons. The lowest BCUT2D eigenvalue weighted by Crippen LogP contribution is -2.53. The van der Waals surface area contributed by atoms with Gasteiger partial charge in [0.15, 0.2) is 0 Å². The first-order valence-electron chi connectivity index (χ1n) is 12.9. The van der Waals surface area contributed by atoms with Gasteiger partial charge in [-0.15, -0.1) is 0 Å². The topological polar surface area (TPSA) is 72.3 Å². The molecule has 2 aromatic carbocycles. The molecule has 3 heterocycles. The van der Waals surface area contributed by atoms with Gasteiger partial charge in [-0.3, -0.25) is 14.5 Å². The Morgan fingerprint density at radius 1 is 0.947 bits per heavy atom. The molecule has 0 atom stereocenters. The monoisotopic (exact) mass is 530 g/mol. The largest absolute Gasteiger partial charge is 0.396 e. The molecule has 0 spiro atoms. The highest BCUT2D eigenvalue weighted by atomic mass is 35.5. The molecule has 0 radical (unpaired) electrons. The van der Waals surface area contributed by atoms with Gasteiger partial charge >= 0.3 is 5.69 Å². The summed E-state index contributed by atoms with van der Waals surface area (Å²) in [6.07, 6.45) is 3.42. The Hall–Kier alpha value is -3.55. The number of nitrogens with zero attached hydrogens (tertiary/aromatic N) is 5. The number of imidazole rings is 1. The van der Waals surface area contributed by atoms with Gasteiger partial charge in [-0.25, -0.2) is 4.79 Å². The Morgan fingerprint density at radius 3 is 2.32 bits per heavy atom. The first kappa shape index (κ1) is 26.1. The summed E-state index contributed by atoms with van der Waals surface area (Å²) in [5.41, 5.74) is 13.6. The van der Waals surface area contributed by atoms with E-state index in [-0.39, 0.29) is 11.2 Å². The van der Waals surface area contributed by atoms with Crippen LogP contribution in [0.5, 0.6) is 0 Å². The minimum Gasteiger partial charge on any atom is -0.396 e. The van der Waals surface area contributed by atoms with E-state index in [4.69, 9.17) is 22.3 Å². The third-order valence-corrected chi connectivity index (χ3v) is 7.67. The molecular weight excluding hydrogens is 496 g/mol. The number of halogens is 1. The molecule has 1 fully saturated rings. The van der Waals surface area contributed by atoms with Crippen LogP contribution in [0.1, 0.15) is 26.5 Å². The highest BCUT2D eigenvalue weighted by Gasteiger charge is 2.26. The number of rotatable bonds is 4. The maximum Gasteiger partial charge on any atom is 0.332 e. The molecule has 5 rings (SSSR count). The van der Waals surface area contributed by atoms with Crippen LogP contribution in [0.4, 0.5) is 11.4 Å². The molecule has 0 amide bonds. The molecule has 8 heteroatoms. The van der Waals surface area contributed by atoms with Crippen molar-refractivity contribution in [2.45, 2.75) is 33.2 Å². The van der Waals surface area contributed by atoms with E-state index in [1.807, 2.05) is 31.2 Å². The van der Waals surface area contributed by atoms with Crippen LogP contribution in [0, 0.1) is 6.92 Å². The summed E-state index contributed by atoms with van der Waals surface area (Å²) in [7, 11) is 1.71. The Kier molecular flexibility index (Phi) is 6.84. The summed E-state index contributed by atoms with van der Waals surface area (Å²) in [6.45, 7) is 12.8. The maximum absolute atomic E-state index is 12.4. The minimum atomic E-state index is -0.152. The van der Waals surface area contributed by atoms with Crippen molar-refractivity contribution in [3.05, 3.63) is 82.1 Å². The predicted octanol–water partition coefficient (Wildman–Crippen LogP) is 5.37. The summed E-state index contributed by atoms with van der Waals surface area (Å²) >= 11 is 6.65. The van der Waals surface area contributed by atoms with Crippen molar-refractivity contribution >= 4 is 23.0 Å². The van der Waals surface area contributed by atoms with Crippen molar-refractivity contribution in [3.63, 3.8) is 0 Å². The number of anilines is 2. The van der Waals surface area contributed by atoms with Gasteiger partial charge < -0.3 is 15.2 Å². The zero-order chi connectivity index (χ0) is 27.2. The molecule has 0 unspecified atom stereocenters. The lowest BCUT2D eigenvalue weighted by molar-refractivity contribution is 0.128. The second kappa shape index (κ2) is 9.97. The second-order valence-electron chi connectivity index (χ2n) is 11.0. The number of nitrogens with two attached hydrogens (primary N) is 1. The number of aryl methyl sites for hydroxylation is 2. The summed E-state index contributed by atoms with van der Waals surface area (Å²) < 4.78 is 3.05. The van der Waals surface area contributed by atoms with Crippen molar-refractivity contribution in [2.75, 3.05) is 36.8 Å². The molecule has 1 saturated heterocycles. The smallest absolute Gasteiger partial charge is 0.332 e. The van der Waals surface area contributed by atoms with Crippen LogP contribution in [-0.4, -0.2) is 50.7 Å². The number of hydrogen-bond acceptors (Lipinski definition) is 5. The molecule has 1 aliphatic rings. The first-order chi connectivity index (χ1) is 18.0. The van der Waals surface area contributed by atoms with Gasteiger partial charge in [0.2, 0.25) is 0 Å². The predicted molar refractivity (Wildman–Crippen MR) is 157 cm³/mol. The Morgan fingerprint density at radius 2 is 1.68 bits per heavy atom. The van der Waals surface area contributed by atoms with Crippen LogP contribution in [0.2, 0.25) is 5.02 Å².